The average molecular weight is 229 g/mol. The second-order valence-electron chi connectivity index (χ2n) is 3.68. The first kappa shape index (κ1) is 13.1. The zero-order chi connectivity index (χ0) is 12.0. The van der Waals surface area contributed by atoms with Crippen LogP contribution in [0.25, 0.3) is 0 Å². The minimum atomic E-state index is -0.421. The molecule has 0 amide bonds. The van der Waals surface area contributed by atoms with E-state index in [1.54, 1.807) is 0 Å². The average Bonchev–Trinajstić information content (AvgIpc) is 2.27. The highest BCUT2D eigenvalue weighted by Gasteiger charge is 2.06. The Morgan fingerprint density at radius 2 is 2.12 bits per heavy atom. The molecule has 0 aliphatic heterocycles. The fourth-order valence-corrected chi connectivity index (χ4v) is 1.32. The molecule has 0 heterocycles. The van der Waals surface area contributed by atoms with Gasteiger partial charge in [-0.1, -0.05) is 0 Å². The number of rotatable bonds is 6. The zero-order valence-electron chi connectivity index (χ0n) is 9.59. The van der Waals surface area contributed by atoms with E-state index in [0.717, 1.165) is 12.1 Å². The molecule has 1 N–H and O–H groups in total. The molecule has 0 fully saturated rings. The molecule has 0 saturated carbocycles. The van der Waals surface area contributed by atoms with Crippen molar-refractivity contribution in [3.8, 4) is 0 Å². The van der Waals surface area contributed by atoms with Crippen molar-refractivity contribution in [2.75, 3.05) is 13.2 Å². The molecule has 2 nitrogen and oxygen atoms in total. The number of hydrogen-bond donors (Lipinski definition) is 1. The SMILES string of the molecule is CCOCC(C)NCc1cc(F)ccc1F. The summed E-state index contributed by atoms with van der Waals surface area (Å²) in [5.74, 6) is -0.812. The van der Waals surface area contributed by atoms with Gasteiger partial charge in [-0.3, -0.25) is 0 Å². The largest absolute Gasteiger partial charge is 0.380 e. The molecule has 0 saturated heterocycles. The lowest BCUT2D eigenvalue weighted by Gasteiger charge is -2.13. The molecule has 0 aliphatic carbocycles. The van der Waals surface area contributed by atoms with E-state index in [1.165, 1.54) is 6.07 Å². The lowest BCUT2D eigenvalue weighted by molar-refractivity contribution is 0.127. The van der Waals surface area contributed by atoms with E-state index < -0.39 is 11.6 Å². The van der Waals surface area contributed by atoms with Gasteiger partial charge in [0.2, 0.25) is 0 Å². The lowest BCUT2D eigenvalue weighted by atomic mass is 10.2. The Labute approximate surface area is 94.6 Å². The number of hydrogen-bond acceptors (Lipinski definition) is 2. The summed E-state index contributed by atoms with van der Waals surface area (Å²) in [6.45, 7) is 5.37. The smallest absolute Gasteiger partial charge is 0.127 e. The highest BCUT2D eigenvalue weighted by atomic mass is 19.1. The van der Waals surface area contributed by atoms with Gasteiger partial charge < -0.3 is 10.1 Å². The number of benzene rings is 1. The van der Waals surface area contributed by atoms with E-state index in [-0.39, 0.29) is 6.04 Å². The van der Waals surface area contributed by atoms with Gasteiger partial charge in [0.25, 0.3) is 0 Å². The van der Waals surface area contributed by atoms with Crippen molar-refractivity contribution in [1.82, 2.24) is 5.32 Å². The van der Waals surface area contributed by atoms with Gasteiger partial charge in [-0.05, 0) is 32.0 Å². The summed E-state index contributed by atoms with van der Waals surface area (Å²) in [5, 5.41) is 3.07. The molecule has 1 unspecified atom stereocenters. The van der Waals surface area contributed by atoms with E-state index in [4.69, 9.17) is 4.74 Å². The quantitative estimate of drug-likeness (QED) is 0.809. The van der Waals surface area contributed by atoms with E-state index in [2.05, 4.69) is 5.32 Å². The summed E-state index contributed by atoms with van der Waals surface area (Å²) in [7, 11) is 0. The minimum absolute atomic E-state index is 0.114. The topological polar surface area (TPSA) is 21.3 Å². The van der Waals surface area contributed by atoms with Crippen LogP contribution in [0, 0.1) is 11.6 Å². The van der Waals surface area contributed by atoms with Crippen LogP contribution in [0.1, 0.15) is 19.4 Å². The predicted octanol–water partition coefficient (Wildman–Crippen LogP) is 2.48. The van der Waals surface area contributed by atoms with Crippen LogP contribution in [-0.2, 0) is 11.3 Å². The molecule has 1 aromatic carbocycles. The van der Waals surface area contributed by atoms with Gasteiger partial charge in [0.15, 0.2) is 0 Å². The Balaban J connectivity index is 2.44. The Bertz CT molecular complexity index is 331. The van der Waals surface area contributed by atoms with E-state index >= 15 is 0 Å². The molecule has 4 heteroatoms. The molecule has 1 aromatic rings. The van der Waals surface area contributed by atoms with Gasteiger partial charge in [0.05, 0.1) is 6.61 Å². The second kappa shape index (κ2) is 6.55. The van der Waals surface area contributed by atoms with Gasteiger partial charge in [-0.15, -0.1) is 0 Å². The maximum atomic E-state index is 13.2. The van der Waals surface area contributed by atoms with Gasteiger partial charge >= 0.3 is 0 Å². The molecule has 90 valence electrons. The van der Waals surface area contributed by atoms with Crippen LogP contribution in [0.4, 0.5) is 8.78 Å². The predicted molar refractivity (Wildman–Crippen MR) is 59.2 cm³/mol. The first-order valence-corrected chi connectivity index (χ1v) is 5.38. The van der Waals surface area contributed by atoms with Crippen molar-refractivity contribution < 1.29 is 13.5 Å². The summed E-state index contributed by atoms with van der Waals surface area (Å²) in [6, 6.07) is 3.57. The minimum Gasteiger partial charge on any atom is -0.380 e. The first-order chi connectivity index (χ1) is 7.63. The maximum Gasteiger partial charge on any atom is 0.127 e. The lowest BCUT2D eigenvalue weighted by Crippen LogP contribution is -2.30. The van der Waals surface area contributed by atoms with Crippen molar-refractivity contribution in [1.29, 1.82) is 0 Å². The van der Waals surface area contributed by atoms with Crippen LogP contribution < -0.4 is 5.32 Å². The third-order valence-electron chi connectivity index (χ3n) is 2.22. The highest BCUT2D eigenvalue weighted by molar-refractivity contribution is 5.18. The standard InChI is InChI=1S/C12H17F2NO/c1-3-16-8-9(2)15-7-10-6-11(13)4-5-12(10)14/h4-6,9,15H,3,7-8H2,1-2H3. The Kier molecular flexibility index (Phi) is 5.35. The third-order valence-corrected chi connectivity index (χ3v) is 2.22. The van der Waals surface area contributed by atoms with Crippen molar-refractivity contribution >= 4 is 0 Å². The number of halogens is 2. The summed E-state index contributed by atoms with van der Waals surface area (Å²) in [6.07, 6.45) is 0. The zero-order valence-corrected chi connectivity index (χ0v) is 9.59. The molecule has 1 atom stereocenters. The molecule has 0 bridgehead atoms. The summed E-state index contributed by atoms with van der Waals surface area (Å²) >= 11 is 0. The molecule has 0 aromatic heterocycles. The van der Waals surface area contributed by atoms with E-state index in [0.29, 0.717) is 25.3 Å². The van der Waals surface area contributed by atoms with Gasteiger partial charge in [0.1, 0.15) is 11.6 Å². The Hall–Kier alpha value is -1.00. The molecular formula is C12H17F2NO. The summed E-state index contributed by atoms with van der Waals surface area (Å²) in [4.78, 5) is 0. The van der Waals surface area contributed by atoms with E-state index in [9.17, 15) is 8.78 Å². The molecule has 1 rings (SSSR count). The second-order valence-corrected chi connectivity index (χ2v) is 3.68. The van der Waals surface area contributed by atoms with Crippen LogP contribution in [-0.4, -0.2) is 19.3 Å². The van der Waals surface area contributed by atoms with Gasteiger partial charge in [-0.25, -0.2) is 8.78 Å². The van der Waals surface area contributed by atoms with Gasteiger partial charge in [-0.2, -0.15) is 0 Å². The molecule has 0 aliphatic rings. The van der Waals surface area contributed by atoms with Crippen molar-refractivity contribution in [2.45, 2.75) is 26.4 Å². The Morgan fingerprint density at radius 3 is 2.81 bits per heavy atom. The van der Waals surface area contributed by atoms with Crippen LogP contribution in [0.5, 0.6) is 0 Å². The first-order valence-electron chi connectivity index (χ1n) is 5.38. The van der Waals surface area contributed by atoms with Crippen LogP contribution in [0.15, 0.2) is 18.2 Å². The van der Waals surface area contributed by atoms with Crippen LogP contribution >= 0.6 is 0 Å². The number of ether oxygens (including phenoxy) is 1. The molecular weight excluding hydrogens is 212 g/mol. The van der Waals surface area contributed by atoms with Crippen LogP contribution in [0.3, 0.4) is 0 Å². The van der Waals surface area contributed by atoms with E-state index in [1.807, 2.05) is 13.8 Å². The molecule has 0 radical (unpaired) electrons. The van der Waals surface area contributed by atoms with Gasteiger partial charge in [0, 0.05) is 24.8 Å². The Morgan fingerprint density at radius 1 is 1.38 bits per heavy atom. The highest BCUT2D eigenvalue weighted by Crippen LogP contribution is 2.09. The summed E-state index contributed by atoms with van der Waals surface area (Å²) < 4.78 is 31.3. The maximum absolute atomic E-state index is 13.2. The molecule has 16 heavy (non-hydrogen) atoms. The fourth-order valence-electron chi connectivity index (χ4n) is 1.32. The van der Waals surface area contributed by atoms with Crippen molar-refractivity contribution in [3.63, 3.8) is 0 Å². The summed E-state index contributed by atoms with van der Waals surface area (Å²) in [5.41, 5.74) is 0.336. The molecule has 0 spiro atoms. The number of nitrogens with one attached hydrogen (secondary N) is 1. The van der Waals surface area contributed by atoms with Crippen molar-refractivity contribution in [3.05, 3.63) is 35.4 Å². The fraction of sp³-hybridized carbons (Fsp3) is 0.500. The van der Waals surface area contributed by atoms with Crippen molar-refractivity contribution in [2.24, 2.45) is 0 Å². The normalized spacial score (nSPS) is 12.8. The van der Waals surface area contributed by atoms with Crippen LogP contribution in [0.2, 0.25) is 0 Å². The third kappa shape index (κ3) is 4.24. The monoisotopic (exact) mass is 229 g/mol.